The summed E-state index contributed by atoms with van der Waals surface area (Å²) in [4.78, 5) is 28.3. The average Bonchev–Trinajstić information content (AvgIpc) is 3.19. The highest BCUT2D eigenvalue weighted by atomic mass is 19.4. The predicted molar refractivity (Wildman–Crippen MR) is 114 cm³/mol. The third kappa shape index (κ3) is 6.42. The van der Waals surface area contributed by atoms with E-state index in [-0.39, 0.29) is 17.4 Å². The van der Waals surface area contributed by atoms with Gasteiger partial charge in [-0.25, -0.2) is 9.78 Å². The number of para-hydroxylation sites is 1. The zero-order valence-electron chi connectivity index (χ0n) is 18.3. The molecule has 2 saturated heterocycles. The first kappa shape index (κ1) is 24.9. The summed E-state index contributed by atoms with van der Waals surface area (Å²) in [6.07, 6.45) is -1.84. The quantitative estimate of drug-likeness (QED) is 0.732. The molecule has 2 aromatic rings. The van der Waals surface area contributed by atoms with E-state index in [2.05, 4.69) is 4.98 Å². The number of hydrogen-bond donors (Lipinski definition) is 1. The molecule has 2 aliphatic heterocycles. The molecule has 0 bridgehead atoms. The minimum Gasteiger partial charge on any atom is -0.475 e. The lowest BCUT2D eigenvalue weighted by Gasteiger charge is -2.38. The molecule has 0 aliphatic carbocycles. The third-order valence-electron chi connectivity index (χ3n) is 5.97. The molecule has 2 fully saturated rings. The number of hydrogen-bond acceptors (Lipinski definition) is 5. The molecule has 0 radical (unpaired) electrons. The topological polar surface area (TPSA) is 89.0 Å². The Kier molecular flexibility index (Phi) is 7.91. The van der Waals surface area contributed by atoms with Gasteiger partial charge in [0.05, 0.1) is 24.8 Å². The van der Waals surface area contributed by atoms with Gasteiger partial charge in [-0.2, -0.15) is 13.2 Å². The minimum atomic E-state index is -5.08. The smallest absolute Gasteiger partial charge is 0.475 e. The minimum absolute atomic E-state index is 0.0374. The van der Waals surface area contributed by atoms with Crippen LogP contribution in [0.25, 0.3) is 10.9 Å². The van der Waals surface area contributed by atoms with Crippen molar-refractivity contribution in [2.45, 2.75) is 38.5 Å². The molecule has 0 saturated carbocycles. The molecule has 2 aliphatic rings. The van der Waals surface area contributed by atoms with Crippen molar-refractivity contribution < 1.29 is 37.3 Å². The molecule has 1 spiro atoms. The highest BCUT2D eigenvalue weighted by molar-refractivity contribution is 5.95. The molecular weight excluding hydrogens is 441 g/mol. The molecule has 3 heterocycles. The number of amides is 1. The SMILES string of the molecule is CCOCC1CC2(CCN(C(=O)c3ccc4ccccc4n3)CC2)CO1.O=C(O)C(F)(F)F. The van der Waals surface area contributed by atoms with E-state index in [9.17, 15) is 18.0 Å². The molecule has 1 amide bonds. The fraction of sp³-hybridized carbons (Fsp3) is 0.522. The van der Waals surface area contributed by atoms with Gasteiger partial charge in [0.15, 0.2) is 0 Å². The number of alkyl halides is 3. The lowest BCUT2D eigenvalue weighted by atomic mass is 9.76. The van der Waals surface area contributed by atoms with Crippen LogP contribution in [-0.4, -0.2) is 72.1 Å². The Balaban J connectivity index is 0.000000383. The number of piperidine rings is 1. The van der Waals surface area contributed by atoms with Crippen LogP contribution < -0.4 is 0 Å². The fourth-order valence-corrected chi connectivity index (χ4v) is 4.13. The molecule has 1 aromatic heterocycles. The number of fused-ring (bicyclic) bond motifs is 1. The largest absolute Gasteiger partial charge is 0.490 e. The van der Waals surface area contributed by atoms with Crippen LogP contribution in [0.4, 0.5) is 13.2 Å². The van der Waals surface area contributed by atoms with Crippen LogP contribution >= 0.6 is 0 Å². The van der Waals surface area contributed by atoms with E-state index in [0.29, 0.717) is 12.3 Å². The number of halogens is 3. The molecule has 1 atom stereocenters. The molecule has 4 rings (SSSR count). The lowest BCUT2D eigenvalue weighted by Crippen LogP contribution is -2.43. The summed E-state index contributed by atoms with van der Waals surface area (Å²) in [5.41, 5.74) is 1.63. The molecule has 1 N–H and O–H groups in total. The van der Waals surface area contributed by atoms with E-state index in [1.54, 1.807) is 0 Å². The first-order valence-corrected chi connectivity index (χ1v) is 10.8. The maximum Gasteiger partial charge on any atom is 0.490 e. The predicted octanol–water partition coefficient (Wildman–Crippen LogP) is 3.92. The Morgan fingerprint density at radius 3 is 2.52 bits per heavy atom. The molecule has 1 aromatic carbocycles. The zero-order chi connectivity index (χ0) is 24.1. The van der Waals surface area contributed by atoms with Gasteiger partial charge >= 0.3 is 12.1 Å². The zero-order valence-corrected chi connectivity index (χ0v) is 18.3. The number of aliphatic carboxylic acids is 1. The van der Waals surface area contributed by atoms with Crippen LogP contribution in [0.15, 0.2) is 36.4 Å². The van der Waals surface area contributed by atoms with Gasteiger partial charge in [0.2, 0.25) is 0 Å². The van der Waals surface area contributed by atoms with Crippen LogP contribution in [0.5, 0.6) is 0 Å². The van der Waals surface area contributed by atoms with Crippen molar-refractivity contribution in [3.8, 4) is 0 Å². The van der Waals surface area contributed by atoms with Crippen molar-refractivity contribution in [1.82, 2.24) is 9.88 Å². The number of carboxylic acid groups (broad SMARTS) is 1. The Bertz CT molecular complexity index is 974. The number of pyridine rings is 1. The summed E-state index contributed by atoms with van der Waals surface area (Å²) in [6, 6.07) is 11.7. The summed E-state index contributed by atoms with van der Waals surface area (Å²) < 4.78 is 43.2. The first-order chi connectivity index (χ1) is 15.6. The summed E-state index contributed by atoms with van der Waals surface area (Å²) >= 11 is 0. The average molecular weight is 468 g/mol. The number of benzene rings is 1. The Hall–Kier alpha value is -2.72. The molecule has 180 valence electrons. The first-order valence-electron chi connectivity index (χ1n) is 10.8. The number of likely N-dealkylation sites (tertiary alicyclic amines) is 1. The second-order valence-corrected chi connectivity index (χ2v) is 8.28. The van der Waals surface area contributed by atoms with Crippen LogP contribution in [0.3, 0.4) is 0 Å². The highest BCUT2D eigenvalue weighted by Gasteiger charge is 2.43. The van der Waals surface area contributed by atoms with Gasteiger partial charge in [0.1, 0.15) is 5.69 Å². The second-order valence-electron chi connectivity index (χ2n) is 8.28. The Morgan fingerprint density at radius 1 is 1.21 bits per heavy atom. The Morgan fingerprint density at radius 2 is 1.88 bits per heavy atom. The number of rotatable bonds is 4. The standard InChI is InChI=1S/C21H26N2O3.C2HF3O2/c1-2-25-14-17-13-21(15-26-17)9-11-23(12-10-21)20(24)19-8-7-16-5-3-4-6-18(16)22-19;3-2(4,5)1(6)7/h3-8,17H,2,9-15H2,1H3;(H,6,7). The molecule has 7 nitrogen and oxygen atoms in total. The molecule has 33 heavy (non-hydrogen) atoms. The number of carboxylic acids is 1. The summed E-state index contributed by atoms with van der Waals surface area (Å²) in [5.74, 6) is -2.72. The van der Waals surface area contributed by atoms with Crippen LogP contribution in [0, 0.1) is 5.41 Å². The lowest BCUT2D eigenvalue weighted by molar-refractivity contribution is -0.192. The van der Waals surface area contributed by atoms with E-state index in [1.165, 1.54) is 0 Å². The number of nitrogens with zero attached hydrogens (tertiary/aromatic N) is 2. The van der Waals surface area contributed by atoms with Crippen molar-refractivity contribution in [3.63, 3.8) is 0 Å². The van der Waals surface area contributed by atoms with Gasteiger partial charge in [-0.1, -0.05) is 24.3 Å². The van der Waals surface area contributed by atoms with Gasteiger partial charge in [0.25, 0.3) is 5.91 Å². The van der Waals surface area contributed by atoms with Gasteiger partial charge in [0, 0.05) is 25.1 Å². The maximum atomic E-state index is 12.9. The monoisotopic (exact) mass is 468 g/mol. The van der Waals surface area contributed by atoms with Crippen LogP contribution in [0.2, 0.25) is 0 Å². The fourth-order valence-electron chi connectivity index (χ4n) is 4.13. The van der Waals surface area contributed by atoms with Crippen LogP contribution in [-0.2, 0) is 14.3 Å². The van der Waals surface area contributed by atoms with Gasteiger partial charge in [-0.3, -0.25) is 4.79 Å². The second kappa shape index (κ2) is 10.5. The third-order valence-corrected chi connectivity index (χ3v) is 5.97. The van der Waals surface area contributed by atoms with E-state index in [4.69, 9.17) is 19.4 Å². The van der Waals surface area contributed by atoms with Gasteiger partial charge < -0.3 is 19.5 Å². The van der Waals surface area contributed by atoms with Crippen LogP contribution in [0.1, 0.15) is 36.7 Å². The number of carbonyl (C=O) groups excluding carboxylic acids is 1. The molecule has 1 unspecified atom stereocenters. The summed E-state index contributed by atoms with van der Waals surface area (Å²) in [5, 5.41) is 8.19. The summed E-state index contributed by atoms with van der Waals surface area (Å²) in [7, 11) is 0. The van der Waals surface area contributed by atoms with E-state index >= 15 is 0 Å². The normalized spacial score (nSPS) is 19.9. The molecule has 10 heteroatoms. The van der Waals surface area contributed by atoms with E-state index in [0.717, 1.165) is 56.5 Å². The number of carbonyl (C=O) groups is 2. The highest BCUT2D eigenvalue weighted by Crippen LogP contribution is 2.42. The van der Waals surface area contributed by atoms with Crippen molar-refractivity contribution in [3.05, 3.63) is 42.1 Å². The summed E-state index contributed by atoms with van der Waals surface area (Å²) in [6.45, 7) is 5.77. The van der Waals surface area contributed by atoms with Gasteiger partial charge in [-0.15, -0.1) is 0 Å². The maximum absolute atomic E-state index is 12.9. The van der Waals surface area contributed by atoms with Crippen molar-refractivity contribution in [2.75, 3.05) is 32.9 Å². The number of aromatic nitrogens is 1. The van der Waals surface area contributed by atoms with Crippen molar-refractivity contribution >= 4 is 22.8 Å². The van der Waals surface area contributed by atoms with E-state index in [1.807, 2.05) is 48.2 Å². The van der Waals surface area contributed by atoms with E-state index < -0.39 is 12.1 Å². The van der Waals surface area contributed by atoms with Crippen molar-refractivity contribution in [2.24, 2.45) is 5.41 Å². The Labute approximate surface area is 189 Å². The van der Waals surface area contributed by atoms with Crippen molar-refractivity contribution in [1.29, 1.82) is 0 Å². The van der Waals surface area contributed by atoms with Gasteiger partial charge in [-0.05, 0) is 43.7 Å². The molecular formula is C23H27F3N2O5. The number of ether oxygens (including phenoxy) is 2.